The van der Waals surface area contributed by atoms with Gasteiger partial charge in [-0.15, -0.1) is 0 Å². The second-order valence-electron chi connectivity index (χ2n) is 5.47. The molecule has 5 heteroatoms. The van der Waals surface area contributed by atoms with Crippen LogP contribution >= 0.6 is 0 Å². The molecular weight excluding hydrogens is 264 g/mol. The zero-order chi connectivity index (χ0) is 15.1. The van der Waals surface area contributed by atoms with Crippen molar-refractivity contribution in [2.75, 3.05) is 6.54 Å². The van der Waals surface area contributed by atoms with E-state index in [2.05, 4.69) is 41.4 Å². The molecule has 0 spiro atoms. The van der Waals surface area contributed by atoms with Gasteiger partial charge in [0.25, 0.3) is 0 Å². The maximum atomic E-state index is 11.9. The van der Waals surface area contributed by atoms with Crippen LogP contribution in [0.5, 0.6) is 0 Å². The number of benzene rings is 1. The van der Waals surface area contributed by atoms with Crippen LogP contribution in [0.15, 0.2) is 43.0 Å². The molecule has 0 saturated carbocycles. The SMILES string of the molecule is CC(C)[C@@H](CNC(=O)CCn1cncn1)c1ccccc1. The molecule has 0 radical (unpaired) electrons. The van der Waals surface area contributed by atoms with Crippen molar-refractivity contribution in [2.24, 2.45) is 5.92 Å². The number of hydrogen-bond donors (Lipinski definition) is 1. The summed E-state index contributed by atoms with van der Waals surface area (Å²) in [6.07, 6.45) is 3.51. The molecule has 0 bridgehead atoms. The van der Waals surface area contributed by atoms with Gasteiger partial charge in [-0.3, -0.25) is 9.48 Å². The lowest BCUT2D eigenvalue weighted by atomic mass is 9.88. The molecule has 21 heavy (non-hydrogen) atoms. The van der Waals surface area contributed by atoms with Crippen molar-refractivity contribution in [2.45, 2.75) is 32.7 Å². The second kappa shape index (κ2) is 7.57. The molecule has 0 fully saturated rings. The molecule has 1 aromatic carbocycles. The van der Waals surface area contributed by atoms with E-state index >= 15 is 0 Å². The van der Waals surface area contributed by atoms with Crippen LogP contribution in [0.1, 0.15) is 31.7 Å². The van der Waals surface area contributed by atoms with Crippen molar-refractivity contribution in [1.29, 1.82) is 0 Å². The average Bonchev–Trinajstić information content (AvgIpc) is 2.99. The molecule has 2 rings (SSSR count). The Labute approximate surface area is 125 Å². The molecule has 1 heterocycles. The first kappa shape index (κ1) is 15.2. The minimum absolute atomic E-state index is 0.0482. The Morgan fingerprint density at radius 1 is 1.29 bits per heavy atom. The van der Waals surface area contributed by atoms with Gasteiger partial charge in [-0.25, -0.2) is 4.98 Å². The Balaban J connectivity index is 1.83. The van der Waals surface area contributed by atoms with Crippen LogP contribution in [0.3, 0.4) is 0 Å². The number of nitrogens with one attached hydrogen (secondary N) is 1. The predicted octanol–water partition coefficient (Wildman–Crippen LogP) is 2.22. The summed E-state index contributed by atoms with van der Waals surface area (Å²) < 4.78 is 1.66. The van der Waals surface area contributed by atoms with E-state index in [-0.39, 0.29) is 5.91 Å². The summed E-state index contributed by atoms with van der Waals surface area (Å²) in [7, 11) is 0. The van der Waals surface area contributed by atoms with Gasteiger partial charge in [0.15, 0.2) is 0 Å². The van der Waals surface area contributed by atoms with Gasteiger partial charge in [0.2, 0.25) is 5.91 Å². The molecule has 0 unspecified atom stereocenters. The van der Waals surface area contributed by atoms with Crippen molar-refractivity contribution in [3.63, 3.8) is 0 Å². The van der Waals surface area contributed by atoms with Crippen LogP contribution in [0.2, 0.25) is 0 Å². The van der Waals surface area contributed by atoms with Gasteiger partial charge in [0, 0.05) is 18.9 Å². The van der Waals surface area contributed by atoms with Crippen molar-refractivity contribution >= 4 is 5.91 Å². The average molecular weight is 286 g/mol. The Hall–Kier alpha value is -2.17. The fourth-order valence-electron chi connectivity index (χ4n) is 2.32. The minimum atomic E-state index is 0.0482. The molecule has 0 aliphatic heterocycles. The largest absolute Gasteiger partial charge is 0.355 e. The quantitative estimate of drug-likeness (QED) is 0.849. The molecular formula is C16H22N4O. The Bertz CT molecular complexity index is 537. The molecule has 1 aromatic heterocycles. The standard InChI is InChI=1S/C16H22N4O/c1-13(2)15(14-6-4-3-5-7-14)10-18-16(21)8-9-20-12-17-11-19-20/h3-7,11-13,15H,8-10H2,1-2H3,(H,18,21)/t15-/m1/s1. The monoisotopic (exact) mass is 286 g/mol. The van der Waals surface area contributed by atoms with Crippen molar-refractivity contribution in [3.05, 3.63) is 48.5 Å². The van der Waals surface area contributed by atoms with E-state index in [1.54, 1.807) is 11.0 Å². The first-order valence-electron chi connectivity index (χ1n) is 7.31. The van der Waals surface area contributed by atoms with Crippen LogP contribution in [-0.4, -0.2) is 27.2 Å². The van der Waals surface area contributed by atoms with Crippen molar-refractivity contribution in [3.8, 4) is 0 Å². The number of nitrogens with zero attached hydrogens (tertiary/aromatic N) is 3. The van der Waals surface area contributed by atoms with E-state index < -0.39 is 0 Å². The summed E-state index contributed by atoms with van der Waals surface area (Å²) in [6.45, 7) is 5.58. The Morgan fingerprint density at radius 3 is 2.67 bits per heavy atom. The van der Waals surface area contributed by atoms with Crippen LogP contribution in [0.25, 0.3) is 0 Å². The summed E-state index contributed by atoms with van der Waals surface area (Å²) in [5.41, 5.74) is 1.27. The number of carbonyl (C=O) groups is 1. The first-order chi connectivity index (χ1) is 10.2. The van der Waals surface area contributed by atoms with Crippen LogP contribution in [0, 0.1) is 5.92 Å². The number of aryl methyl sites for hydroxylation is 1. The summed E-state index contributed by atoms with van der Waals surface area (Å²) in [5.74, 6) is 0.858. The smallest absolute Gasteiger partial charge is 0.221 e. The molecule has 112 valence electrons. The van der Waals surface area contributed by atoms with E-state index in [0.29, 0.717) is 31.3 Å². The normalized spacial score (nSPS) is 12.3. The minimum Gasteiger partial charge on any atom is -0.355 e. The summed E-state index contributed by atoms with van der Waals surface area (Å²) >= 11 is 0. The third-order valence-corrected chi connectivity index (χ3v) is 3.59. The third-order valence-electron chi connectivity index (χ3n) is 3.59. The lowest BCUT2D eigenvalue weighted by molar-refractivity contribution is -0.121. The summed E-state index contributed by atoms with van der Waals surface area (Å²) in [6, 6.07) is 10.3. The van der Waals surface area contributed by atoms with Gasteiger partial charge < -0.3 is 5.32 Å². The highest BCUT2D eigenvalue weighted by Gasteiger charge is 2.16. The fourth-order valence-corrected chi connectivity index (χ4v) is 2.32. The number of carbonyl (C=O) groups excluding carboxylic acids is 1. The van der Waals surface area contributed by atoms with Crippen LogP contribution in [0.4, 0.5) is 0 Å². The fraction of sp³-hybridized carbons (Fsp3) is 0.438. The van der Waals surface area contributed by atoms with E-state index in [1.807, 2.05) is 18.2 Å². The van der Waals surface area contributed by atoms with Crippen LogP contribution < -0.4 is 5.32 Å². The molecule has 0 aliphatic rings. The van der Waals surface area contributed by atoms with Gasteiger partial charge in [0.1, 0.15) is 12.7 Å². The number of hydrogen-bond acceptors (Lipinski definition) is 3. The Kier molecular flexibility index (Phi) is 5.49. The maximum absolute atomic E-state index is 11.9. The predicted molar refractivity (Wildman–Crippen MR) is 81.7 cm³/mol. The molecule has 1 amide bonds. The molecule has 5 nitrogen and oxygen atoms in total. The second-order valence-corrected chi connectivity index (χ2v) is 5.47. The molecule has 0 saturated heterocycles. The molecule has 2 aromatic rings. The number of aromatic nitrogens is 3. The van der Waals surface area contributed by atoms with Crippen molar-refractivity contribution in [1.82, 2.24) is 20.1 Å². The maximum Gasteiger partial charge on any atom is 0.221 e. The topological polar surface area (TPSA) is 59.8 Å². The molecule has 1 N–H and O–H groups in total. The van der Waals surface area contributed by atoms with E-state index in [4.69, 9.17) is 0 Å². The van der Waals surface area contributed by atoms with Crippen molar-refractivity contribution < 1.29 is 4.79 Å². The first-order valence-corrected chi connectivity index (χ1v) is 7.31. The molecule has 1 atom stereocenters. The third kappa shape index (κ3) is 4.70. The summed E-state index contributed by atoms with van der Waals surface area (Å²) in [5, 5.41) is 7.01. The van der Waals surface area contributed by atoms with E-state index in [9.17, 15) is 4.79 Å². The van der Waals surface area contributed by atoms with Gasteiger partial charge in [-0.05, 0) is 11.5 Å². The molecule has 0 aliphatic carbocycles. The van der Waals surface area contributed by atoms with Crippen LogP contribution in [-0.2, 0) is 11.3 Å². The Morgan fingerprint density at radius 2 is 2.05 bits per heavy atom. The van der Waals surface area contributed by atoms with E-state index in [1.165, 1.54) is 11.9 Å². The highest BCUT2D eigenvalue weighted by atomic mass is 16.1. The van der Waals surface area contributed by atoms with Gasteiger partial charge in [-0.1, -0.05) is 44.2 Å². The lowest BCUT2D eigenvalue weighted by Crippen LogP contribution is -2.31. The highest BCUT2D eigenvalue weighted by Crippen LogP contribution is 2.23. The number of amides is 1. The van der Waals surface area contributed by atoms with Gasteiger partial charge in [-0.2, -0.15) is 5.10 Å². The number of rotatable bonds is 7. The zero-order valence-electron chi connectivity index (χ0n) is 12.6. The van der Waals surface area contributed by atoms with E-state index in [0.717, 1.165) is 0 Å². The lowest BCUT2D eigenvalue weighted by Gasteiger charge is -2.21. The van der Waals surface area contributed by atoms with Gasteiger partial charge >= 0.3 is 0 Å². The highest BCUT2D eigenvalue weighted by molar-refractivity contribution is 5.75. The summed E-state index contributed by atoms with van der Waals surface area (Å²) in [4.78, 5) is 15.8. The zero-order valence-corrected chi connectivity index (χ0v) is 12.6. The van der Waals surface area contributed by atoms with Gasteiger partial charge in [0.05, 0.1) is 6.54 Å².